The number of ether oxygens (including phenoxy) is 1. The molecule has 0 radical (unpaired) electrons. The van der Waals surface area contributed by atoms with Gasteiger partial charge >= 0.3 is 0 Å². The van der Waals surface area contributed by atoms with Crippen molar-refractivity contribution in [1.82, 2.24) is 10.3 Å². The first-order valence-electron chi connectivity index (χ1n) is 9.68. The molecule has 2 N–H and O–H groups in total. The number of nitrogens with zero attached hydrogens (tertiary/aromatic N) is 1. The first-order valence-corrected chi connectivity index (χ1v) is 10.6. The van der Waals surface area contributed by atoms with Gasteiger partial charge in [0.05, 0.1) is 0 Å². The number of carbonyl (C=O) groups excluding carboxylic acids is 2. The van der Waals surface area contributed by atoms with Crippen LogP contribution in [-0.4, -0.2) is 30.5 Å². The molecule has 0 saturated heterocycles. The van der Waals surface area contributed by atoms with E-state index in [2.05, 4.69) is 41.6 Å². The molecule has 6 nitrogen and oxygen atoms in total. The van der Waals surface area contributed by atoms with Crippen LogP contribution in [0.2, 0.25) is 0 Å². The molecule has 3 rings (SSSR count). The minimum absolute atomic E-state index is 0.00663. The number of anilines is 1. The van der Waals surface area contributed by atoms with Crippen molar-refractivity contribution in [2.24, 2.45) is 0 Å². The van der Waals surface area contributed by atoms with Gasteiger partial charge in [0.2, 0.25) is 5.91 Å². The Balaban J connectivity index is 1.60. The molecule has 0 unspecified atom stereocenters. The average molecular weight is 424 g/mol. The topological polar surface area (TPSA) is 80.3 Å². The third kappa shape index (κ3) is 5.75. The van der Waals surface area contributed by atoms with Crippen LogP contribution in [0.4, 0.5) is 5.69 Å². The van der Waals surface area contributed by atoms with Crippen LogP contribution in [0.1, 0.15) is 41.4 Å². The number of rotatable bonds is 8. The van der Waals surface area contributed by atoms with E-state index in [9.17, 15) is 9.59 Å². The second-order valence-corrected chi connectivity index (χ2v) is 8.04. The van der Waals surface area contributed by atoms with Crippen LogP contribution in [-0.2, 0) is 16.1 Å². The van der Waals surface area contributed by atoms with Crippen LogP contribution in [0.15, 0.2) is 53.9 Å². The lowest BCUT2D eigenvalue weighted by Gasteiger charge is -2.08. The number of benzene rings is 2. The normalized spacial score (nSPS) is 10.8. The zero-order valence-electron chi connectivity index (χ0n) is 17.3. The van der Waals surface area contributed by atoms with Gasteiger partial charge in [-0.15, -0.1) is 11.3 Å². The molecular weight excluding hydrogens is 398 g/mol. The SMILES string of the molecule is COCC(=O)Nc1cccc(CNC(=O)c2csc(-c3ccc(C(C)C)cc3)n2)c1. The molecule has 0 bridgehead atoms. The van der Waals surface area contributed by atoms with Crippen LogP contribution in [0.25, 0.3) is 10.6 Å². The minimum atomic E-state index is -0.231. The van der Waals surface area contributed by atoms with Gasteiger partial charge in [-0.1, -0.05) is 50.2 Å². The third-order valence-corrected chi connectivity index (χ3v) is 5.39. The van der Waals surface area contributed by atoms with Crippen molar-refractivity contribution < 1.29 is 14.3 Å². The summed E-state index contributed by atoms with van der Waals surface area (Å²) in [6.45, 7) is 4.64. The van der Waals surface area contributed by atoms with Gasteiger partial charge < -0.3 is 15.4 Å². The van der Waals surface area contributed by atoms with E-state index >= 15 is 0 Å². The molecule has 1 heterocycles. The predicted octanol–water partition coefficient (Wildman–Crippen LogP) is 4.45. The summed E-state index contributed by atoms with van der Waals surface area (Å²) in [7, 11) is 1.47. The molecule has 2 aromatic carbocycles. The highest BCUT2D eigenvalue weighted by Crippen LogP contribution is 2.25. The largest absolute Gasteiger partial charge is 0.375 e. The van der Waals surface area contributed by atoms with Crippen LogP contribution >= 0.6 is 11.3 Å². The summed E-state index contributed by atoms with van der Waals surface area (Å²) in [4.78, 5) is 28.6. The Labute approximate surface area is 180 Å². The highest BCUT2D eigenvalue weighted by Gasteiger charge is 2.12. The van der Waals surface area contributed by atoms with Crippen molar-refractivity contribution in [2.75, 3.05) is 19.0 Å². The smallest absolute Gasteiger partial charge is 0.271 e. The summed E-state index contributed by atoms with van der Waals surface area (Å²) in [5, 5.41) is 8.21. The maximum absolute atomic E-state index is 12.5. The third-order valence-electron chi connectivity index (χ3n) is 4.50. The lowest BCUT2D eigenvalue weighted by molar-refractivity contribution is -0.119. The number of thiazole rings is 1. The molecule has 3 aromatic rings. The van der Waals surface area contributed by atoms with Crippen LogP contribution in [0.5, 0.6) is 0 Å². The molecule has 0 atom stereocenters. The Kier molecular flexibility index (Phi) is 7.32. The van der Waals surface area contributed by atoms with E-state index in [4.69, 9.17) is 4.74 Å². The van der Waals surface area contributed by atoms with Gasteiger partial charge in [-0.2, -0.15) is 0 Å². The predicted molar refractivity (Wildman–Crippen MR) is 120 cm³/mol. The van der Waals surface area contributed by atoms with Crippen molar-refractivity contribution in [3.8, 4) is 10.6 Å². The molecule has 2 amide bonds. The van der Waals surface area contributed by atoms with Gasteiger partial charge in [0.25, 0.3) is 5.91 Å². The second-order valence-electron chi connectivity index (χ2n) is 7.18. The van der Waals surface area contributed by atoms with Crippen molar-refractivity contribution in [3.63, 3.8) is 0 Å². The summed E-state index contributed by atoms with van der Waals surface area (Å²) in [6.07, 6.45) is 0. The molecule has 0 spiro atoms. The van der Waals surface area contributed by atoms with E-state index in [-0.39, 0.29) is 18.4 Å². The summed E-state index contributed by atoms with van der Waals surface area (Å²) in [5.41, 5.74) is 4.20. The number of hydrogen-bond acceptors (Lipinski definition) is 5. The number of aromatic nitrogens is 1. The van der Waals surface area contributed by atoms with Crippen molar-refractivity contribution in [2.45, 2.75) is 26.3 Å². The Morgan fingerprint density at radius 2 is 1.90 bits per heavy atom. The van der Waals surface area contributed by atoms with E-state index < -0.39 is 0 Å². The Hall–Kier alpha value is -3.03. The van der Waals surface area contributed by atoms with Gasteiger partial charge in [0, 0.05) is 30.3 Å². The van der Waals surface area contributed by atoms with E-state index in [1.807, 2.05) is 30.3 Å². The highest BCUT2D eigenvalue weighted by molar-refractivity contribution is 7.13. The zero-order valence-corrected chi connectivity index (χ0v) is 18.1. The standard InChI is InChI=1S/C23H25N3O3S/c1-15(2)17-7-9-18(10-8-17)23-26-20(14-30-23)22(28)24-12-16-5-4-6-19(11-16)25-21(27)13-29-3/h4-11,14-15H,12-13H2,1-3H3,(H,24,28)(H,25,27). The Morgan fingerprint density at radius 1 is 1.13 bits per heavy atom. The molecule has 0 aliphatic rings. The fourth-order valence-corrected chi connectivity index (χ4v) is 3.69. The van der Waals surface area contributed by atoms with Crippen LogP contribution in [0, 0.1) is 0 Å². The molecule has 156 valence electrons. The number of methoxy groups -OCH3 is 1. The molecule has 0 aliphatic heterocycles. The summed E-state index contributed by atoms with van der Waals surface area (Å²) >= 11 is 1.45. The molecule has 0 fully saturated rings. The highest BCUT2D eigenvalue weighted by atomic mass is 32.1. The first-order chi connectivity index (χ1) is 14.5. The quantitative estimate of drug-likeness (QED) is 0.561. The first kappa shape index (κ1) is 21.7. The number of amides is 2. The van der Waals surface area contributed by atoms with Gasteiger partial charge in [-0.3, -0.25) is 9.59 Å². The molecule has 1 aromatic heterocycles. The monoisotopic (exact) mass is 423 g/mol. The average Bonchev–Trinajstić information content (AvgIpc) is 3.23. The molecule has 0 saturated carbocycles. The van der Waals surface area contributed by atoms with Gasteiger partial charge in [0.1, 0.15) is 17.3 Å². The molecule has 30 heavy (non-hydrogen) atoms. The maximum atomic E-state index is 12.5. The zero-order chi connectivity index (χ0) is 21.5. The van der Waals surface area contributed by atoms with Crippen LogP contribution < -0.4 is 10.6 Å². The van der Waals surface area contributed by atoms with Crippen LogP contribution in [0.3, 0.4) is 0 Å². The number of nitrogens with one attached hydrogen (secondary N) is 2. The van der Waals surface area contributed by atoms with Gasteiger partial charge in [0.15, 0.2) is 0 Å². The minimum Gasteiger partial charge on any atom is -0.375 e. The van der Waals surface area contributed by atoms with E-state index in [1.54, 1.807) is 11.4 Å². The van der Waals surface area contributed by atoms with Crippen molar-refractivity contribution >= 4 is 28.8 Å². The lowest BCUT2D eigenvalue weighted by atomic mass is 10.0. The molecule has 0 aliphatic carbocycles. The van der Waals surface area contributed by atoms with Crippen molar-refractivity contribution in [3.05, 3.63) is 70.7 Å². The lowest BCUT2D eigenvalue weighted by Crippen LogP contribution is -2.23. The van der Waals surface area contributed by atoms with E-state index in [0.717, 1.165) is 16.1 Å². The maximum Gasteiger partial charge on any atom is 0.271 e. The molecular formula is C23H25N3O3S. The Bertz CT molecular complexity index is 1010. The number of carbonyl (C=O) groups is 2. The molecule has 7 heteroatoms. The Morgan fingerprint density at radius 3 is 2.60 bits per heavy atom. The second kappa shape index (κ2) is 10.1. The fourth-order valence-electron chi connectivity index (χ4n) is 2.88. The van der Waals surface area contributed by atoms with Gasteiger partial charge in [-0.05, 0) is 29.2 Å². The fraction of sp³-hybridized carbons (Fsp3) is 0.261. The summed E-state index contributed by atoms with van der Waals surface area (Å²) in [5.74, 6) is 0.0173. The van der Waals surface area contributed by atoms with Crippen molar-refractivity contribution in [1.29, 1.82) is 0 Å². The summed E-state index contributed by atoms with van der Waals surface area (Å²) in [6, 6.07) is 15.6. The van der Waals surface area contributed by atoms with E-state index in [0.29, 0.717) is 23.8 Å². The van der Waals surface area contributed by atoms with Gasteiger partial charge in [-0.25, -0.2) is 4.98 Å². The summed E-state index contributed by atoms with van der Waals surface area (Å²) < 4.78 is 4.81. The number of hydrogen-bond donors (Lipinski definition) is 2. The van der Waals surface area contributed by atoms with E-state index in [1.165, 1.54) is 24.0 Å².